The van der Waals surface area contributed by atoms with E-state index in [1.54, 1.807) is 6.20 Å². The van der Waals surface area contributed by atoms with Crippen LogP contribution in [-0.4, -0.2) is 37.5 Å². The number of hydrogen-bond donors (Lipinski definition) is 2. The topological polar surface area (TPSA) is 97.1 Å². The number of nitrogens with zero attached hydrogens (tertiary/aromatic N) is 3. The minimum atomic E-state index is -0.925. The maximum Gasteiger partial charge on any atom is 0.305 e. The largest absolute Gasteiger partial charge is 0.481 e. The van der Waals surface area contributed by atoms with Crippen molar-refractivity contribution in [1.29, 1.82) is 0 Å². The van der Waals surface area contributed by atoms with E-state index in [9.17, 15) is 9.59 Å². The summed E-state index contributed by atoms with van der Waals surface area (Å²) in [5.41, 5.74) is 0.879. The molecule has 0 fully saturated rings. The first-order chi connectivity index (χ1) is 11.5. The fourth-order valence-electron chi connectivity index (χ4n) is 2.61. The van der Waals surface area contributed by atoms with Crippen LogP contribution in [-0.2, 0) is 16.1 Å². The second-order valence-corrected chi connectivity index (χ2v) is 5.77. The number of nitrogens with one attached hydrogen (secondary N) is 1. The highest BCUT2D eigenvalue weighted by molar-refractivity contribution is 5.78. The van der Waals surface area contributed by atoms with Gasteiger partial charge >= 0.3 is 5.97 Å². The molecule has 2 rings (SSSR count). The van der Waals surface area contributed by atoms with Crippen molar-refractivity contribution < 1.29 is 14.7 Å². The van der Waals surface area contributed by atoms with Crippen LogP contribution in [0.4, 0.5) is 0 Å². The minimum Gasteiger partial charge on any atom is -0.481 e. The van der Waals surface area contributed by atoms with Gasteiger partial charge in [0.05, 0.1) is 18.2 Å². The Morgan fingerprint density at radius 1 is 1.21 bits per heavy atom. The molecular formula is C17H22N4O3. The molecule has 0 saturated carbocycles. The summed E-state index contributed by atoms with van der Waals surface area (Å²) in [7, 11) is 0. The Labute approximate surface area is 140 Å². The SMILES string of the molecule is CCC(CC)(CC(=O)O)NC(=O)Cn1cc(-c2ccccc2)nn1. The number of amides is 1. The first-order valence-corrected chi connectivity index (χ1v) is 7.96. The smallest absolute Gasteiger partial charge is 0.305 e. The van der Waals surface area contributed by atoms with Gasteiger partial charge in [-0.25, -0.2) is 4.68 Å². The van der Waals surface area contributed by atoms with Crippen LogP contribution in [0.5, 0.6) is 0 Å². The van der Waals surface area contributed by atoms with Crippen molar-refractivity contribution in [2.45, 2.75) is 45.2 Å². The first kappa shape index (κ1) is 17.7. The zero-order valence-electron chi connectivity index (χ0n) is 13.9. The Kier molecular flexibility index (Phi) is 5.68. The van der Waals surface area contributed by atoms with Gasteiger partial charge in [-0.15, -0.1) is 5.10 Å². The maximum absolute atomic E-state index is 12.3. The lowest BCUT2D eigenvalue weighted by Crippen LogP contribution is -2.50. The summed E-state index contributed by atoms with van der Waals surface area (Å²) in [6.07, 6.45) is 2.70. The van der Waals surface area contributed by atoms with Gasteiger partial charge < -0.3 is 10.4 Å². The Balaban J connectivity index is 2.04. The lowest BCUT2D eigenvalue weighted by Gasteiger charge is -2.31. The van der Waals surface area contributed by atoms with Gasteiger partial charge in [0.15, 0.2) is 0 Å². The molecule has 0 aliphatic carbocycles. The Bertz CT molecular complexity index is 693. The van der Waals surface area contributed by atoms with Gasteiger partial charge in [-0.2, -0.15) is 0 Å². The van der Waals surface area contributed by atoms with E-state index in [1.165, 1.54) is 4.68 Å². The Morgan fingerprint density at radius 3 is 2.46 bits per heavy atom. The third-order valence-electron chi connectivity index (χ3n) is 4.16. The van der Waals surface area contributed by atoms with Crippen LogP contribution >= 0.6 is 0 Å². The van der Waals surface area contributed by atoms with E-state index in [1.807, 2.05) is 44.2 Å². The third kappa shape index (κ3) is 4.41. The van der Waals surface area contributed by atoms with E-state index >= 15 is 0 Å². The molecule has 1 heterocycles. The van der Waals surface area contributed by atoms with Crippen molar-refractivity contribution in [3.05, 3.63) is 36.5 Å². The van der Waals surface area contributed by atoms with Gasteiger partial charge in [0.2, 0.25) is 5.91 Å². The second-order valence-electron chi connectivity index (χ2n) is 5.77. The monoisotopic (exact) mass is 330 g/mol. The molecule has 0 unspecified atom stereocenters. The molecular weight excluding hydrogens is 308 g/mol. The molecule has 1 aromatic carbocycles. The molecule has 0 aliphatic heterocycles. The summed E-state index contributed by atoms with van der Waals surface area (Å²) in [5.74, 6) is -1.20. The molecule has 24 heavy (non-hydrogen) atoms. The molecule has 1 aromatic heterocycles. The van der Waals surface area contributed by atoms with Crippen LogP contribution < -0.4 is 5.32 Å². The zero-order valence-corrected chi connectivity index (χ0v) is 13.9. The Hall–Kier alpha value is -2.70. The van der Waals surface area contributed by atoms with Crippen LogP contribution in [0.3, 0.4) is 0 Å². The summed E-state index contributed by atoms with van der Waals surface area (Å²) >= 11 is 0. The molecule has 7 heteroatoms. The standard InChI is InChI=1S/C17H22N4O3/c1-3-17(4-2,10-16(23)24)18-15(22)12-21-11-14(19-20-21)13-8-6-5-7-9-13/h5-9,11H,3-4,10,12H2,1-2H3,(H,18,22)(H,23,24). The van der Waals surface area contributed by atoms with Crippen LogP contribution in [0, 0.1) is 0 Å². The van der Waals surface area contributed by atoms with Gasteiger partial charge in [-0.3, -0.25) is 9.59 Å². The van der Waals surface area contributed by atoms with Crippen molar-refractivity contribution in [3.8, 4) is 11.3 Å². The minimum absolute atomic E-state index is 0.00119. The number of hydrogen-bond acceptors (Lipinski definition) is 4. The van der Waals surface area contributed by atoms with Gasteiger partial charge in [-0.1, -0.05) is 49.4 Å². The summed E-state index contributed by atoms with van der Waals surface area (Å²) in [5, 5.41) is 19.9. The fourth-order valence-corrected chi connectivity index (χ4v) is 2.61. The van der Waals surface area contributed by atoms with E-state index in [0.717, 1.165) is 5.56 Å². The molecule has 0 bridgehead atoms. The molecule has 7 nitrogen and oxygen atoms in total. The van der Waals surface area contributed by atoms with E-state index < -0.39 is 11.5 Å². The highest BCUT2D eigenvalue weighted by Gasteiger charge is 2.31. The molecule has 0 aliphatic rings. The van der Waals surface area contributed by atoms with Gasteiger partial charge in [0.25, 0.3) is 0 Å². The summed E-state index contributed by atoms with van der Waals surface area (Å²) in [4.78, 5) is 23.3. The number of carboxylic acids is 1. The molecule has 0 atom stereocenters. The Morgan fingerprint density at radius 2 is 1.88 bits per heavy atom. The normalized spacial score (nSPS) is 11.2. The van der Waals surface area contributed by atoms with Crippen molar-refractivity contribution in [2.75, 3.05) is 0 Å². The highest BCUT2D eigenvalue weighted by atomic mass is 16.4. The van der Waals surface area contributed by atoms with Crippen LogP contribution in [0.2, 0.25) is 0 Å². The van der Waals surface area contributed by atoms with Gasteiger partial charge in [-0.05, 0) is 12.8 Å². The summed E-state index contributed by atoms with van der Waals surface area (Å²) in [6.45, 7) is 3.74. The molecule has 0 spiro atoms. The first-order valence-electron chi connectivity index (χ1n) is 7.96. The average molecular weight is 330 g/mol. The molecule has 2 aromatic rings. The highest BCUT2D eigenvalue weighted by Crippen LogP contribution is 2.20. The molecule has 1 amide bonds. The fraction of sp³-hybridized carbons (Fsp3) is 0.412. The van der Waals surface area contributed by atoms with Crippen molar-refractivity contribution >= 4 is 11.9 Å². The number of carboxylic acid groups (broad SMARTS) is 1. The number of aliphatic carboxylic acids is 1. The number of aromatic nitrogens is 3. The lowest BCUT2D eigenvalue weighted by atomic mass is 9.89. The van der Waals surface area contributed by atoms with Crippen molar-refractivity contribution in [1.82, 2.24) is 20.3 Å². The van der Waals surface area contributed by atoms with Crippen LogP contribution in [0.25, 0.3) is 11.3 Å². The predicted molar refractivity (Wildman–Crippen MR) is 89.2 cm³/mol. The van der Waals surface area contributed by atoms with Crippen LogP contribution in [0.15, 0.2) is 36.5 Å². The second kappa shape index (κ2) is 7.72. The average Bonchev–Trinajstić information content (AvgIpc) is 3.02. The third-order valence-corrected chi connectivity index (χ3v) is 4.16. The van der Waals surface area contributed by atoms with E-state index in [2.05, 4.69) is 15.6 Å². The van der Waals surface area contributed by atoms with Crippen molar-refractivity contribution in [3.63, 3.8) is 0 Å². The van der Waals surface area contributed by atoms with E-state index in [4.69, 9.17) is 5.11 Å². The molecule has 0 radical (unpaired) electrons. The predicted octanol–water partition coefficient (Wildman–Crippen LogP) is 2.09. The molecule has 0 saturated heterocycles. The number of carbonyl (C=O) groups excluding carboxylic acids is 1. The summed E-state index contributed by atoms with van der Waals surface area (Å²) < 4.78 is 1.45. The molecule has 128 valence electrons. The van der Waals surface area contributed by atoms with Gasteiger partial charge in [0.1, 0.15) is 12.2 Å². The molecule has 2 N–H and O–H groups in total. The zero-order chi connectivity index (χ0) is 17.6. The van der Waals surface area contributed by atoms with Gasteiger partial charge in [0, 0.05) is 5.56 Å². The maximum atomic E-state index is 12.3. The number of benzene rings is 1. The lowest BCUT2D eigenvalue weighted by molar-refractivity contribution is -0.139. The number of carbonyl (C=O) groups is 2. The summed E-state index contributed by atoms with van der Waals surface area (Å²) in [6, 6.07) is 9.56. The number of rotatable bonds is 8. The van der Waals surface area contributed by atoms with E-state index in [0.29, 0.717) is 18.5 Å². The quantitative estimate of drug-likeness (QED) is 0.772. The van der Waals surface area contributed by atoms with E-state index in [-0.39, 0.29) is 18.9 Å². The van der Waals surface area contributed by atoms with Crippen LogP contribution in [0.1, 0.15) is 33.1 Å². The van der Waals surface area contributed by atoms with Crippen molar-refractivity contribution in [2.24, 2.45) is 0 Å².